The van der Waals surface area contributed by atoms with Crippen molar-refractivity contribution in [2.45, 2.75) is 46.8 Å². The van der Waals surface area contributed by atoms with Crippen molar-refractivity contribution in [2.24, 2.45) is 5.92 Å². The number of nitrogens with one attached hydrogen (secondary N) is 1. The Kier molecular flexibility index (Phi) is 6.22. The minimum Gasteiger partial charge on any atom is -0.493 e. The van der Waals surface area contributed by atoms with Crippen LogP contribution in [0.3, 0.4) is 0 Å². The zero-order valence-electron chi connectivity index (χ0n) is 18.1. The Hall–Kier alpha value is -2.22. The largest absolute Gasteiger partial charge is 0.493 e. The number of aliphatic hydroxyl groups excluding tert-OH is 1. The minimum absolute atomic E-state index is 0.0431. The molecule has 0 radical (unpaired) electrons. The van der Waals surface area contributed by atoms with Crippen molar-refractivity contribution in [3.8, 4) is 17.4 Å². The molecule has 0 unspecified atom stereocenters. The van der Waals surface area contributed by atoms with E-state index in [0.29, 0.717) is 17.4 Å². The number of rotatable bonds is 6. The Morgan fingerprint density at radius 3 is 2.63 bits per heavy atom. The van der Waals surface area contributed by atoms with Gasteiger partial charge in [0, 0.05) is 4.88 Å². The fourth-order valence-electron chi connectivity index (χ4n) is 3.98. The van der Waals surface area contributed by atoms with E-state index in [1.54, 1.807) is 24.5 Å². The molecular formula is C23H30N3O3S+. The predicted molar refractivity (Wildman–Crippen MR) is 119 cm³/mol. The fourth-order valence-corrected chi connectivity index (χ4v) is 5.02. The number of aryl methyl sites for hydroxylation is 2. The number of thiophene rings is 1. The molecule has 0 bridgehead atoms. The fraction of sp³-hybridized carbons (Fsp3) is 0.478. The van der Waals surface area contributed by atoms with E-state index < -0.39 is 0 Å². The van der Waals surface area contributed by atoms with Gasteiger partial charge in [-0.1, -0.05) is 13.0 Å². The maximum absolute atomic E-state index is 9.41. The van der Waals surface area contributed by atoms with Crippen molar-refractivity contribution in [1.29, 1.82) is 0 Å². The van der Waals surface area contributed by atoms with Gasteiger partial charge in [0.2, 0.25) is 5.88 Å². The number of likely N-dealkylation sites (tertiary alicyclic amines) is 1. The number of fused-ring (bicyclic) bond motifs is 1. The minimum atomic E-state index is -0.0431. The van der Waals surface area contributed by atoms with Gasteiger partial charge < -0.3 is 19.5 Å². The summed E-state index contributed by atoms with van der Waals surface area (Å²) in [5, 5.41) is 10.4. The standard InChI is InChI=1S/C23H29N3O3S/c1-14-7-9-26(10-8-14)12-20-24-22(21-15(2)16(3)30-23(21)25-20)29-18-6-5-17(13-27)11-19(18)28-4/h5-6,11,14,27H,7-10,12-13H2,1-4H3/p+1. The molecule has 1 fully saturated rings. The van der Waals surface area contributed by atoms with Crippen molar-refractivity contribution in [3.05, 3.63) is 40.0 Å². The van der Waals surface area contributed by atoms with E-state index in [4.69, 9.17) is 19.4 Å². The molecule has 2 aromatic heterocycles. The van der Waals surface area contributed by atoms with Gasteiger partial charge in [0.15, 0.2) is 17.3 Å². The molecule has 0 saturated carbocycles. The normalized spacial score (nSPS) is 19.2. The summed E-state index contributed by atoms with van der Waals surface area (Å²) in [6, 6.07) is 5.45. The summed E-state index contributed by atoms with van der Waals surface area (Å²) >= 11 is 1.69. The number of methoxy groups -OCH3 is 1. The summed E-state index contributed by atoms with van der Waals surface area (Å²) in [5.74, 6) is 3.39. The monoisotopic (exact) mass is 428 g/mol. The van der Waals surface area contributed by atoms with Crippen molar-refractivity contribution < 1.29 is 19.5 Å². The molecule has 6 nitrogen and oxygen atoms in total. The van der Waals surface area contributed by atoms with E-state index in [1.807, 2.05) is 12.1 Å². The summed E-state index contributed by atoms with van der Waals surface area (Å²) in [6.07, 6.45) is 2.51. The van der Waals surface area contributed by atoms with Crippen LogP contribution in [-0.4, -0.2) is 35.3 Å². The summed E-state index contributed by atoms with van der Waals surface area (Å²) in [6.45, 7) is 9.63. The average molecular weight is 429 g/mol. The molecule has 3 aromatic rings. The Balaban J connectivity index is 1.70. The number of aromatic nitrogens is 2. The molecule has 7 heteroatoms. The van der Waals surface area contributed by atoms with E-state index in [0.717, 1.165) is 52.7 Å². The summed E-state index contributed by atoms with van der Waals surface area (Å²) in [4.78, 5) is 13.5. The highest BCUT2D eigenvalue weighted by Crippen LogP contribution is 2.39. The molecule has 0 spiro atoms. The molecule has 0 amide bonds. The maximum atomic E-state index is 9.41. The van der Waals surface area contributed by atoms with Gasteiger partial charge in [0.1, 0.15) is 11.4 Å². The number of benzene rings is 1. The zero-order chi connectivity index (χ0) is 21.3. The number of ether oxygens (including phenoxy) is 2. The van der Waals surface area contributed by atoms with Gasteiger partial charge in [-0.3, -0.25) is 0 Å². The summed E-state index contributed by atoms with van der Waals surface area (Å²) < 4.78 is 11.8. The van der Waals surface area contributed by atoms with Crippen LogP contribution in [0.4, 0.5) is 0 Å². The molecule has 1 aromatic carbocycles. The Morgan fingerprint density at radius 2 is 1.93 bits per heavy atom. The van der Waals surface area contributed by atoms with Gasteiger partial charge in [-0.05, 0) is 55.9 Å². The van der Waals surface area contributed by atoms with Crippen molar-refractivity contribution in [2.75, 3.05) is 20.2 Å². The molecule has 0 atom stereocenters. The molecular weight excluding hydrogens is 398 g/mol. The van der Waals surface area contributed by atoms with Crippen molar-refractivity contribution in [3.63, 3.8) is 0 Å². The molecule has 1 aliphatic rings. The first-order valence-electron chi connectivity index (χ1n) is 10.5. The van der Waals surface area contributed by atoms with Crippen LogP contribution in [0.15, 0.2) is 18.2 Å². The van der Waals surface area contributed by atoms with Crippen LogP contribution >= 0.6 is 11.3 Å². The molecule has 0 aliphatic carbocycles. The first-order valence-corrected chi connectivity index (χ1v) is 11.4. The van der Waals surface area contributed by atoms with Crippen LogP contribution in [0.1, 0.15) is 41.6 Å². The number of piperidine rings is 1. The van der Waals surface area contributed by atoms with E-state index in [2.05, 4.69) is 20.8 Å². The smallest absolute Gasteiger partial charge is 0.232 e. The third-order valence-corrected chi connectivity index (χ3v) is 7.15. The number of aliphatic hydroxyl groups is 1. The van der Waals surface area contributed by atoms with Gasteiger partial charge in [-0.25, -0.2) is 4.98 Å². The second kappa shape index (κ2) is 8.88. The highest BCUT2D eigenvalue weighted by molar-refractivity contribution is 7.18. The molecule has 1 saturated heterocycles. The topological polar surface area (TPSA) is 68.9 Å². The van der Waals surface area contributed by atoms with E-state index >= 15 is 0 Å². The van der Waals surface area contributed by atoms with Crippen LogP contribution in [0.2, 0.25) is 0 Å². The third kappa shape index (κ3) is 4.29. The van der Waals surface area contributed by atoms with Crippen LogP contribution in [0.25, 0.3) is 10.2 Å². The molecule has 4 rings (SSSR count). The van der Waals surface area contributed by atoms with Crippen LogP contribution in [0, 0.1) is 19.8 Å². The first-order chi connectivity index (χ1) is 14.5. The van der Waals surface area contributed by atoms with Gasteiger partial charge in [0.05, 0.1) is 32.2 Å². The van der Waals surface area contributed by atoms with E-state index in [1.165, 1.54) is 22.6 Å². The average Bonchev–Trinajstić information content (AvgIpc) is 3.03. The highest BCUT2D eigenvalue weighted by Gasteiger charge is 2.23. The number of hydrogen-bond donors (Lipinski definition) is 2. The van der Waals surface area contributed by atoms with Gasteiger partial charge in [0.25, 0.3) is 0 Å². The van der Waals surface area contributed by atoms with Crippen molar-refractivity contribution >= 4 is 21.6 Å². The van der Waals surface area contributed by atoms with Gasteiger partial charge >= 0.3 is 0 Å². The van der Waals surface area contributed by atoms with Crippen LogP contribution < -0.4 is 14.4 Å². The second-order valence-corrected chi connectivity index (χ2v) is 9.47. The zero-order valence-corrected chi connectivity index (χ0v) is 18.9. The molecule has 1 aliphatic heterocycles. The van der Waals surface area contributed by atoms with Crippen molar-refractivity contribution in [1.82, 2.24) is 9.97 Å². The second-order valence-electron chi connectivity index (χ2n) is 8.26. The lowest BCUT2D eigenvalue weighted by atomic mass is 9.99. The Morgan fingerprint density at radius 1 is 1.17 bits per heavy atom. The summed E-state index contributed by atoms with van der Waals surface area (Å²) in [7, 11) is 1.60. The maximum Gasteiger partial charge on any atom is 0.232 e. The molecule has 3 heterocycles. The SMILES string of the molecule is COc1cc(CO)ccc1Oc1nc(C[NH+]2CCC(C)CC2)nc2sc(C)c(C)c12. The highest BCUT2D eigenvalue weighted by atomic mass is 32.1. The third-order valence-electron chi connectivity index (χ3n) is 6.05. The summed E-state index contributed by atoms with van der Waals surface area (Å²) in [5.41, 5.74) is 1.93. The Labute approximate surface area is 181 Å². The lowest BCUT2D eigenvalue weighted by Gasteiger charge is -2.26. The number of quaternary nitrogens is 1. The van der Waals surface area contributed by atoms with E-state index in [9.17, 15) is 5.11 Å². The van der Waals surface area contributed by atoms with Crippen LogP contribution in [0.5, 0.6) is 17.4 Å². The lowest BCUT2D eigenvalue weighted by molar-refractivity contribution is -0.920. The molecule has 30 heavy (non-hydrogen) atoms. The number of nitrogens with zero attached hydrogens (tertiary/aromatic N) is 2. The van der Waals surface area contributed by atoms with Gasteiger partial charge in [-0.2, -0.15) is 4.98 Å². The molecule has 2 N–H and O–H groups in total. The Bertz CT molecular complexity index is 1040. The number of hydrogen-bond acceptors (Lipinski definition) is 6. The first kappa shape index (κ1) is 21.0. The van der Waals surface area contributed by atoms with E-state index in [-0.39, 0.29) is 6.61 Å². The quantitative estimate of drug-likeness (QED) is 0.630. The lowest BCUT2D eigenvalue weighted by Crippen LogP contribution is -3.11. The molecule has 160 valence electrons. The van der Waals surface area contributed by atoms with Gasteiger partial charge in [-0.15, -0.1) is 11.3 Å². The van der Waals surface area contributed by atoms with Crippen LogP contribution in [-0.2, 0) is 13.2 Å². The predicted octanol–water partition coefficient (Wildman–Crippen LogP) is 3.42.